The SMILES string of the molecule is CCOC(=O)c1[nH]c2c(-c3c(CC[C@@H](O)N4CCOCC4)nn(C)c3CC)c(Cl)ccc2c1CCCOc1cccc2cc(F)ccc12. The number of nitrogens with one attached hydrogen (secondary N) is 1. The number of nitrogens with zero attached hydrogens (tertiary/aromatic N) is 3. The van der Waals surface area contributed by atoms with Crippen molar-refractivity contribution < 1.29 is 28.5 Å². The van der Waals surface area contributed by atoms with Crippen LogP contribution in [0.1, 0.15) is 54.1 Å². The highest BCUT2D eigenvalue weighted by Crippen LogP contribution is 2.41. The maximum atomic E-state index is 13.8. The van der Waals surface area contributed by atoms with Crippen LogP contribution in [0.4, 0.5) is 4.39 Å². The molecule has 5 aromatic rings. The number of hydrogen-bond acceptors (Lipinski definition) is 7. The van der Waals surface area contributed by atoms with E-state index in [0.717, 1.165) is 49.8 Å². The predicted molar refractivity (Wildman–Crippen MR) is 185 cm³/mol. The second-order valence-corrected chi connectivity index (χ2v) is 12.4. The van der Waals surface area contributed by atoms with Crippen LogP contribution >= 0.6 is 11.6 Å². The molecule has 0 amide bonds. The molecule has 1 aliphatic rings. The number of aryl methyl sites for hydroxylation is 3. The maximum absolute atomic E-state index is 13.8. The highest BCUT2D eigenvalue weighted by molar-refractivity contribution is 6.35. The average Bonchev–Trinajstić information content (AvgIpc) is 3.62. The fourth-order valence-electron chi connectivity index (χ4n) is 6.77. The molecule has 3 aromatic carbocycles. The molecule has 9 nitrogen and oxygen atoms in total. The van der Waals surface area contributed by atoms with E-state index < -0.39 is 12.2 Å². The van der Waals surface area contributed by atoms with E-state index >= 15 is 0 Å². The van der Waals surface area contributed by atoms with Gasteiger partial charge in [0.25, 0.3) is 0 Å². The first-order valence-electron chi connectivity index (χ1n) is 16.7. The summed E-state index contributed by atoms with van der Waals surface area (Å²) in [5, 5.41) is 18.9. The summed E-state index contributed by atoms with van der Waals surface area (Å²) in [5.41, 5.74) is 5.52. The quantitative estimate of drug-likeness (QED) is 0.104. The lowest BCUT2D eigenvalue weighted by molar-refractivity contribution is -0.0613. The van der Waals surface area contributed by atoms with Crippen molar-refractivity contribution in [3.8, 4) is 16.9 Å². The molecule has 2 aromatic heterocycles. The minimum Gasteiger partial charge on any atom is -0.493 e. The summed E-state index contributed by atoms with van der Waals surface area (Å²) >= 11 is 7.00. The van der Waals surface area contributed by atoms with Crippen LogP contribution in [0.15, 0.2) is 48.5 Å². The highest BCUT2D eigenvalue weighted by Gasteiger charge is 2.27. The summed E-state index contributed by atoms with van der Waals surface area (Å²) < 4.78 is 32.8. The minimum atomic E-state index is -0.607. The molecular weight excluding hydrogens is 635 g/mol. The van der Waals surface area contributed by atoms with Gasteiger partial charge >= 0.3 is 5.97 Å². The van der Waals surface area contributed by atoms with Gasteiger partial charge in [-0.1, -0.05) is 36.7 Å². The van der Waals surface area contributed by atoms with E-state index in [1.54, 1.807) is 13.0 Å². The van der Waals surface area contributed by atoms with E-state index in [4.69, 9.17) is 30.9 Å². The molecule has 0 spiro atoms. The van der Waals surface area contributed by atoms with Crippen LogP contribution in [0.5, 0.6) is 5.75 Å². The number of aliphatic hydroxyl groups excluding tert-OH is 1. The largest absolute Gasteiger partial charge is 0.493 e. The standard InChI is InChI=1S/C37H42ClFN4O5/c1-4-30-34(29(41-42(30)3)15-16-32(44)43-17-20-46-21-18-43)33-28(38)14-13-27-26(36(40-35(27)33)37(45)47-5-2)9-7-19-48-31-10-6-8-23-22-24(39)11-12-25(23)31/h6,8,10-14,22,32,40,44H,4-5,7,9,15-21H2,1-3H3/t32-/m1/s1. The molecule has 0 bridgehead atoms. The number of H-pyrrole nitrogens is 1. The number of esters is 1. The van der Waals surface area contributed by atoms with Crippen LogP contribution in [0, 0.1) is 5.82 Å². The van der Waals surface area contributed by atoms with Crippen molar-refractivity contribution in [1.82, 2.24) is 19.7 Å². The molecule has 0 saturated carbocycles. The Hall–Kier alpha value is -3.96. The maximum Gasteiger partial charge on any atom is 0.355 e. The van der Waals surface area contributed by atoms with Gasteiger partial charge in [-0.25, -0.2) is 9.18 Å². The molecule has 11 heteroatoms. The fourth-order valence-corrected chi connectivity index (χ4v) is 7.02. The van der Waals surface area contributed by atoms with E-state index in [2.05, 4.69) is 11.9 Å². The van der Waals surface area contributed by atoms with Crippen LogP contribution in [0.25, 0.3) is 32.8 Å². The Morgan fingerprint density at radius 1 is 1.10 bits per heavy atom. The molecule has 0 radical (unpaired) electrons. The van der Waals surface area contributed by atoms with Crippen LogP contribution in [-0.2, 0) is 35.8 Å². The summed E-state index contributed by atoms with van der Waals surface area (Å²) in [7, 11) is 1.93. The number of benzene rings is 3. The zero-order chi connectivity index (χ0) is 33.8. The normalized spacial score (nSPS) is 14.5. The third-order valence-corrected chi connectivity index (χ3v) is 9.39. The number of rotatable bonds is 13. The Balaban J connectivity index is 1.32. The fraction of sp³-hybridized carbons (Fsp3) is 0.405. The molecule has 0 unspecified atom stereocenters. The Morgan fingerprint density at radius 2 is 1.90 bits per heavy atom. The van der Waals surface area contributed by atoms with E-state index in [1.807, 2.05) is 47.0 Å². The zero-order valence-electron chi connectivity index (χ0n) is 27.7. The van der Waals surface area contributed by atoms with Crippen molar-refractivity contribution in [2.24, 2.45) is 7.05 Å². The Morgan fingerprint density at radius 3 is 2.67 bits per heavy atom. The van der Waals surface area contributed by atoms with Crippen molar-refractivity contribution in [2.75, 3.05) is 39.5 Å². The van der Waals surface area contributed by atoms with Gasteiger partial charge in [0.1, 0.15) is 23.5 Å². The molecule has 1 fully saturated rings. The lowest BCUT2D eigenvalue weighted by Gasteiger charge is -2.31. The molecule has 48 heavy (non-hydrogen) atoms. The van der Waals surface area contributed by atoms with Crippen molar-refractivity contribution in [2.45, 2.75) is 52.2 Å². The number of carbonyl (C=O) groups excluding carboxylic acids is 1. The monoisotopic (exact) mass is 676 g/mol. The molecule has 1 atom stereocenters. The molecule has 254 valence electrons. The third-order valence-electron chi connectivity index (χ3n) is 9.07. The number of aromatic amines is 1. The van der Waals surface area contributed by atoms with Crippen molar-refractivity contribution in [3.63, 3.8) is 0 Å². The average molecular weight is 677 g/mol. The number of aromatic nitrogens is 3. The van der Waals surface area contributed by atoms with Crippen molar-refractivity contribution in [1.29, 1.82) is 0 Å². The van der Waals surface area contributed by atoms with Crippen LogP contribution in [-0.4, -0.2) is 76.5 Å². The van der Waals surface area contributed by atoms with Crippen LogP contribution in [0.3, 0.4) is 0 Å². The van der Waals surface area contributed by atoms with Gasteiger partial charge in [0.15, 0.2) is 0 Å². The summed E-state index contributed by atoms with van der Waals surface area (Å²) in [6.45, 7) is 7.10. The summed E-state index contributed by atoms with van der Waals surface area (Å²) in [6, 6.07) is 14.0. The van der Waals surface area contributed by atoms with Crippen molar-refractivity contribution in [3.05, 3.63) is 82.0 Å². The number of fused-ring (bicyclic) bond motifs is 2. The van der Waals surface area contributed by atoms with Crippen LogP contribution in [0.2, 0.25) is 5.02 Å². The summed E-state index contributed by atoms with van der Waals surface area (Å²) in [5.74, 6) is -0.0421. The molecule has 2 N–H and O–H groups in total. The van der Waals surface area contributed by atoms with Gasteiger partial charge in [-0.2, -0.15) is 5.10 Å². The smallest absolute Gasteiger partial charge is 0.355 e. The van der Waals surface area contributed by atoms with Gasteiger partial charge < -0.3 is 24.3 Å². The third kappa shape index (κ3) is 6.94. The zero-order valence-corrected chi connectivity index (χ0v) is 28.4. The number of ether oxygens (including phenoxy) is 3. The first-order valence-corrected chi connectivity index (χ1v) is 17.0. The molecular formula is C37H42ClFN4O5. The van der Waals surface area contributed by atoms with Gasteiger partial charge in [0.05, 0.1) is 42.7 Å². The number of morpholine rings is 1. The van der Waals surface area contributed by atoms with Gasteiger partial charge in [0.2, 0.25) is 0 Å². The van der Waals surface area contributed by atoms with E-state index in [1.165, 1.54) is 12.1 Å². The molecule has 1 aliphatic heterocycles. The first-order chi connectivity index (χ1) is 23.3. The Kier molecular flexibility index (Phi) is 10.7. The van der Waals surface area contributed by atoms with E-state index in [9.17, 15) is 14.3 Å². The van der Waals surface area contributed by atoms with Crippen LogP contribution < -0.4 is 4.74 Å². The second kappa shape index (κ2) is 15.1. The van der Waals surface area contributed by atoms with E-state index in [-0.39, 0.29) is 12.4 Å². The second-order valence-electron chi connectivity index (χ2n) is 12.0. The predicted octanol–water partition coefficient (Wildman–Crippen LogP) is 6.85. The number of carbonyl (C=O) groups is 1. The Labute approximate surface area is 284 Å². The van der Waals surface area contributed by atoms with Crippen molar-refractivity contribution >= 4 is 39.2 Å². The molecule has 1 saturated heterocycles. The van der Waals surface area contributed by atoms with Gasteiger partial charge in [-0.15, -0.1) is 0 Å². The highest BCUT2D eigenvalue weighted by atomic mass is 35.5. The number of hydrogen-bond donors (Lipinski definition) is 2. The molecule has 0 aliphatic carbocycles. The summed E-state index contributed by atoms with van der Waals surface area (Å²) in [6.07, 6.45) is 2.33. The lowest BCUT2D eigenvalue weighted by Crippen LogP contribution is -2.43. The lowest BCUT2D eigenvalue weighted by atomic mass is 9.95. The molecule has 6 rings (SSSR count). The van der Waals surface area contributed by atoms with Gasteiger partial charge in [-0.3, -0.25) is 9.58 Å². The Bertz CT molecular complexity index is 1920. The molecule has 3 heterocycles. The first kappa shape index (κ1) is 33.9. The van der Waals surface area contributed by atoms with E-state index in [0.29, 0.717) is 81.5 Å². The van der Waals surface area contributed by atoms with Gasteiger partial charge in [-0.05, 0) is 80.3 Å². The number of aliphatic hydroxyl groups is 1. The summed E-state index contributed by atoms with van der Waals surface area (Å²) in [4.78, 5) is 18.8. The minimum absolute atomic E-state index is 0.240. The number of halogens is 2. The topological polar surface area (TPSA) is 102 Å². The van der Waals surface area contributed by atoms with Gasteiger partial charge in [0, 0.05) is 47.7 Å².